The first-order valence-electron chi connectivity index (χ1n) is 11.5. The number of aromatic nitrogens is 3. The van der Waals surface area contributed by atoms with Crippen molar-refractivity contribution in [3.05, 3.63) is 65.1 Å². The molecule has 4 rings (SSSR count). The molecule has 2 aromatic heterocycles. The summed E-state index contributed by atoms with van der Waals surface area (Å²) < 4.78 is 29.7. The molecule has 1 aromatic carbocycles. The molecular weight excluding hydrogens is 468 g/mol. The smallest absolute Gasteiger partial charge is 0.272 e. The van der Waals surface area contributed by atoms with E-state index in [0.717, 1.165) is 0 Å². The zero-order valence-corrected chi connectivity index (χ0v) is 19.7. The summed E-state index contributed by atoms with van der Waals surface area (Å²) in [4.78, 5) is 37.8. The number of alkyl halides is 1. The number of nitrogens with one attached hydrogen (secondary N) is 1. The normalized spacial score (nSPS) is 18.2. The van der Waals surface area contributed by atoms with Crippen LogP contribution in [0.2, 0.25) is 0 Å². The van der Waals surface area contributed by atoms with Gasteiger partial charge >= 0.3 is 0 Å². The number of imidazole rings is 1. The molecule has 0 aliphatic heterocycles. The summed E-state index contributed by atoms with van der Waals surface area (Å²) in [5.74, 6) is -1.33. The van der Waals surface area contributed by atoms with Crippen LogP contribution in [-0.2, 0) is 17.9 Å². The molecule has 0 radical (unpaired) electrons. The number of benzene rings is 1. The highest BCUT2D eigenvalue weighted by Gasteiger charge is 2.31. The van der Waals surface area contributed by atoms with Crippen LogP contribution in [0.15, 0.2) is 41.7 Å². The van der Waals surface area contributed by atoms with E-state index in [9.17, 15) is 18.4 Å². The van der Waals surface area contributed by atoms with Crippen LogP contribution in [0, 0.1) is 5.82 Å². The van der Waals surface area contributed by atoms with Gasteiger partial charge in [0.05, 0.1) is 5.52 Å². The molecule has 1 aliphatic rings. The molecular formula is C25H27F2N7O2. The van der Waals surface area contributed by atoms with Crippen LogP contribution in [0.5, 0.6) is 0 Å². The van der Waals surface area contributed by atoms with Crippen molar-refractivity contribution >= 4 is 34.6 Å². The van der Waals surface area contributed by atoms with E-state index in [1.54, 1.807) is 23.7 Å². The van der Waals surface area contributed by atoms with Crippen LogP contribution >= 0.6 is 0 Å². The van der Waals surface area contributed by atoms with Crippen molar-refractivity contribution in [1.29, 1.82) is 0 Å². The van der Waals surface area contributed by atoms with Gasteiger partial charge in [0.2, 0.25) is 5.91 Å². The van der Waals surface area contributed by atoms with Crippen molar-refractivity contribution in [3.63, 3.8) is 0 Å². The van der Waals surface area contributed by atoms with E-state index in [0.29, 0.717) is 52.8 Å². The molecule has 1 saturated carbocycles. The van der Waals surface area contributed by atoms with Gasteiger partial charge in [-0.15, -0.1) is 0 Å². The van der Waals surface area contributed by atoms with Gasteiger partial charge in [0.15, 0.2) is 5.69 Å². The zero-order valence-electron chi connectivity index (χ0n) is 19.7. The molecule has 2 heterocycles. The Balaban J connectivity index is 1.65. The Morgan fingerprint density at radius 1 is 1.31 bits per heavy atom. The Labute approximate surface area is 206 Å². The van der Waals surface area contributed by atoms with Crippen molar-refractivity contribution in [3.8, 4) is 0 Å². The van der Waals surface area contributed by atoms with Crippen LogP contribution < -0.4 is 16.8 Å². The molecule has 188 valence electrons. The molecule has 0 saturated heterocycles. The SMILES string of the molecule is CN=CC(=CN)c1cc(F)cc(CNC(=O)c2nccc3nc(C4CCC(F)C4)n(CC(N)=O)c23)c1. The highest BCUT2D eigenvalue weighted by atomic mass is 19.1. The third-order valence-corrected chi connectivity index (χ3v) is 6.14. The number of carbonyl (C=O) groups is 2. The van der Waals surface area contributed by atoms with E-state index in [-0.39, 0.29) is 24.7 Å². The lowest BCUT2D eigenvalue weighted by atomic mass is 10.0. The number of hydrogen-bond acceptors (Lipinski definition) is 6. The summed E-state index contributed by atoms with van der Waals surface area (Å²) >= 11 is 0. The fraction of sp³-hybridized carbons (Fsp3) is 0.320. The molecule has 3 aromatic rings. The van der Waals surface area contributed by atoms with E-state index in [1.807, 2.05) is 0 Å². The van der Waals surface area contributed by atoms with Gasteiger partial charge in [0.25, 0.3) is 5.91 Å². The topological polar surface area (TPSA) is 141 Å². The molecule has 9 nitrogen and oxygen atoms in total. The van der Waals surface area contributed by atoms with Crippen molar-refractivity contribution in [1.82, 2.24) is 19.9 Å². The van der Waals surface area contributed by atoms with Crippen molar-refractivity contribution in [2.45, 2.75) is 44.4 Å². The number of pyridine rings is 1. The van der Waals surface area contributed by atoms with E-state index in [4.69, 9.17) is 11.5 Å². The van der Waals surface area contributed by atoms with E-state index in [1.165, 1.54) is 30.7 Å². The maximum atomic E-state index is 14.3. The summed E-state index contributed by atoms with van der Waals surface area (Å²) in [6.07, 6.45) is 4.63. The number of nitrogens with two attached hydrogens (primary N) is 2. The summed E-state index contributed by atoms with van der Waals surface area (Å²) in [6, 6.07) is 5.95. The number of nitrogens with zero attached hydrogens (tertiary/aromatic N) is 4. The van der Waals surface area contributed by atoms with Crippen LogP contribution in [0.3, 0.4) is 0 Å². The van der Waals surface area contributed by atoms with Gasteiger partial charge in [-0.2, -0.15) is 0 Å². The lowest BCUT2D eigenvalue weighted by Crippen LogP contribution is -2.26. The lowest BCUT2D eigenvalue weighted by Gasteiger charge is -2.13. The second-order valence-corrected chi connectivity index (χ2v) is 8.70. The quantitative estimate of drug-likeness (QED) is 0.412. The minimum Gasteiger partial charge on any atom is -0.404 e. The Bertz CT molecular complexity index is 1370. The molecule has 1 fully saturated rings. The molecule has 11 heteroatoms. The lowest BCUT2D eigenvalue weighted by molar-refractivity contribution is -0.118. The number of hydrogen-bond donors (Lipinski definition) is 3. The summed E-state index contributed by atoms with van der Waals surface area (Å²) in [5.41, 5.74) is 13.5. The third kappa shape index (κ3) is 5.24. The number of amides is 2. The van der Waals surface area contributed by atoms with Gasteiger partial charge in [-0.3, -0.25) is 14.6 Å². The number of rotatable bonds is 8. The first-order valence-corrected chi connectivity index (χ1v) is 11.5. The zero-order chi connectivity index (χ0) is 25.8. The van der Waals surface area contributed by atoms with Gasteiger partial charge in [-0.05, 0) is 54.7 Å². The van der Waals surface area contributed by atoms with Crippen LogP contribution in [0.1, 0.15) is 52.6 Å². The molecule has 2 atom stereocenters. The predicted molar refractivity (Wildman–Crippen MR) is 132 cm³/mol. The van der Waals surface area contributed by atoms with E-state index < -0.39 is 23.8 Å². The molecule has 2 unspecified atom stereocenters. The summed E-state index contributed by atoms with van der Waals surface area (Å²) in [7, 11) is 1.58. The number of allylic oxidation sites excluding steroid dienone is 1. The first kappa shape index (κ1) is 25.0. The molecule has 5 N–H and O–H groups in total. The molecule has 36 heavy (non-hydrogen) atoms. The van der Waals surface area contributed by atoms with Gasteiger partial charge in [0.1, 0.15) is 29.9 Å². The van der Waals surface area contributed by atoms with Crippen LogP contribution in [-0.4, -0.2) is 45.8 Å². The average Bonchev–Trinajstić information content (AvgIpc) is 3.43. The molecule has 2 amide bonds. The second kappa shape index (κ2) is 10.6. The van der Waals surface area contributed by atoms with Gasteiger partial charge < -0.3 is 21.4 Å². The molecule has 0 spiro atoms. The standard InChI is InChI=1S/C25H27F2N7O2/c1-30-12-17(10-28)16-6-14(7-19(27)9-16)11-32-25(36)22-23-20(4-5-31-22)33-24(34(23)13-21(29)35)15-2-3-18(26)8-15/h4-7,9-10,12,15,18H,2-3,8,11,13,28H2,1H3,(H2,29,35)(H,32,36). The van der Waals surface area contributed by atoms with Crippen LogP contribution in [0.4, 0.5) is 8.78 Å². The minimum absolute atomic E-state index is 0.00570. The predicted octanol–water partition coefficient (Wildman–Crippen LogP) is 2.59. The highest BCUT2D eigenvalue weighted by Crippen LogP contribution is 2.37. The van der Waals surface area contributed by atoms with Gasteiger partial charge in [-0.25, -0.2) is 18.7 Å². The van der Waals surface area contributed by atoms with Crippen molar-refractivity contribution in [2.75, 3.05) is 7.05 Å². The second-order valence-electron chi connectivity index (χ2n) is 8.70. The van der Waals surface area contributed by atoms with Crippen LogP contribution in [0.25, 0.3) is 16.6 Å². The largest absolute Gasteiger partial charge is 0.404 e. The van der Waals surface area contributed by atoms with Crippen molar-refractivity contribution in [2.24, 2.45) is 16.5 Å². The monoisotopic (exact) mass is 495 g/mol. The maximum Gasteiger partial charge on any atom is 0.272 e. The Morgan fingerprint density at radius 2 is 2.11 bits per heavy atom. The maximum absolute atomic E-state index is 14.3. The Hall–Kier alpha value is -4.15. The Kier molecular flexibility index (Phi) is 7.37. The highest BCUT2D eigenvalue weighted by molar-refractivity contribution is 6.09. The fourth-order valence-electron chi connectivity index (χ4n) is 4.59. The van der Waals surface area contributed by atoms with E-state index in [2.05, 4.69) is 20.3 Å². The van der Waals surface area contributed by atoms with Gasteiger partial charge in [0, 0.05) is 43.7 Å². The number of aliphatic imine (C=N–C) groups is 1. The van der Waals surface area contributed by atoms with E-state index >= 15 is 0 Å². The summed E-state index contributed by atoms with van der Waals surface area (Å²) in [5, 5.41) is 2.75. The number of carbonyl (C=O) groups excluding carboxylic acids is 2. The Morgan fingerprint density at radius 3 is 2.78 bits per heavy atom. The summed E-state index contributed by atoms with van der Waals surface area (Å²) in [6.45, 7) is -0.211. The minimum atomic E-state index is -0.938. The van der Waals surface area contributed by atoms with Crippen molar-refractivity contribution < 1.29 is 18.4 Å². The fourth-order valence-corrected chi connectivity index (χ4v) is 4.59. The first-order chi connectivity index (χ1) is 17.3. The van der Waals surface area contributed by atoms with Gasteiger partial charge in [-0.1, -0.05) is 0 Å². The third-order valence-electron chi connectivity index (χ3n) is 6.14. The number of fused-ring (bicyclic) bond motifs is 1. The average molecular weight is 496 g/mol. The molecule has 1 aliphatic carbocycles. The molecule has 0 bridgehead atoms. The number of primary amides is 1. The number of halogens is 2.